The lowest BCUT2D eigenvalue weighted by atomic mass is 10.2. The summed E-state index contributed by atoms with van der Waals surface area (Å²) in [6.45, 7) is -0.616. The van der Waals surface area contributed by atoms with Gasteiger partial charge >= 0.3 is 5.69 Å². The van der Waals surface area contributed by atoms with Crippen LogP contribution in [0.5, 0.6) is 5.75 Å². The molecule has 1 amide bonds. The van der Waals surface area contributed by atoms with E-state index in [9.17, 15) is 14.7 Å². The molecule has 0 bridgehead atoms. The van der Waals surface area contributed by atoms with E-state index in [4.69, 9.17) is 14.6 Å². The van der Waals surface area contributed by atoms with Crippen LogP contribution in [0.25, 0.3) is 0 Å². The van der Waals surface area contributed by atoms with Gasteiger partial charge in [0.05, 0.1) is 12.7 Å². The van der Waals surface area contributed by atoms with Crippen molar-refractivity contribution in [2.75, 3.05) is 18.5 Å². The van der Waals surface area contributed by atoms with E-state index in [1.54, 1.807) is 24.3 Å². The lowest BCUT2D eigenvalue weighted by Gasteiger charge is -2.14. The van der Waals surface area contributed by atoms with Crippen LogP contribution >= 0.6 is 0 Å². The van der Waals surface area contributed by atoms with E-state index in [0.717, 1.165) is 4.57 Å². The first-order valence-electron chi connectivity index (χ1n) is 7.94. The first-order chi connectivity index (χ1) is 12.6. The summed E-state index contributed by atoms with van der Waals surface area (Å²) in [7, 11) is 0. The minimum Gasteiger partial charge on any atom is -0.484 e. The lowest BCUT2D eigenvalue weighted by Crippen LogP contribution is -2.30. The maximum Gasteiger partial charge on any atom is 0.354 e. The summed E-state index contributed by atoms with van der Waals surface area (Å²) in [5.74, 6) is -0.140. The smallest absolute Gasteiger partial charge is 0.354 e. The van der Waals surface area contributed by atoms with Gasteiger partial charge in [-0.05, 0) is 12.1 Å². The highest BCUT2D eigenvalue weighted by molar-refractivity contribution is 5.90. The molecule has 0 radical (unpaired) electrons. The zero-order valence-electron chi connectivity index (χ0n) is 13.7. The molecule has 1 aliphatic rings. The highest BCUT2D eigenvalue weighted by atomic mass is 16.5. The number of carbonyl (C=O) groups excluding carboxylic acids is 1. The highest BCUT2D eigenvalue weighted by Crippen LogP contribution is 2.26. The van der Waals surface area contributed by atoms with Crippen LogP contribution in [-0.2, 0) is 9.53 Å². The van der Waals surface area contributed by atoms with Crippen LogP contribution in [0.1, 0.15) is 12.6 Å². The number of hydrogen-bond donors (Lipinski definition) is 3. The number of aliphatic hydroxyl groups excluding tert-OH is 2. The van der Waals surface area contributed by atoms with Crippen molar-refractivity contribution in [3.63, 3.8) is 0 Å². The van der Waals surface area contributed by atoms with E-state index in [0.29, 0.717) is 5.75 Å². The fourth-order valence-corrected chi connectivity index (χ4v) is 2.48. The Bertz CT molecular complexity index is 812. The molecule has 2 aromatic rings. The van der Waals surface area contributed by atoms with E-state index >= 15 is 0 Å². The van der Waals surface area contributed by atoms with E-state index < -0.39 is 30.0 Å². The third kappa shape index (κ3) is 4.23. The largest absolute Gasteiger partial charge is 0.484 e. The fraction of sp³-hybridized carbons (Fsp3) is 0.375. The monoisotopic (exact) mass is 362 g/mol. The molecule has 0 spiro atoms. The van der Waals surface area contributed by atoms with Crippen LogP contribution < -0.4 is 15.7 Å². The lowest BCUT2D eigenvalue weighted by molar-refractivity contribution is -0.118. The molecule has 3 atom stereocenters. The van der Waals surface area contributed by atoms with Crippen LogP contribution in [0, 0.1) is 0 Å². The summed E-state index contributed by atoms with van der Waals surface area (Å²) in [5, 5.41) is 21.2. The van der Waals surface area contributed by atoms with Gasteiger partial charge in [0.15, 0.2) is 6.61 Å². The predicted molar refractivity (Wildman–Crippen MR) is 88.5 cm³/mol. The van der Waals surface area contributed by atoms with Gasteiger partial charge in [-0.1, -0.05) is 18.2 Å². The van der Waals surface area contributed by atoms with Crippen molar-refractivity contribution in [1.82, 2.24) is 14.5 Å². The summed E-state index contributed by atoms with van der Waals surface area (Å²) in [6, 6.07) is 8.80. The molecule has 3 N–H and O–H groups in total. The molecular weight excluding hydrogens is 344 g/mol. The van der Waals surface area contributed by atoms with Gasteiger partial charge in [-0.15, -0.1) is 0 Å². The molecule has 0 aliphatic carbocycles. The Labute approximate surface area is 148 Å². The molecule has 26 heavy (non-hydrogen) atoms. The Morgan fingerprint density at radius 3 is 2.81 bits per heavy atom. The fourth-order valence-electron chi connectivity index (χ4n) is 2.48. The summed E-state index contributed by atoms with van der Waals surface area (Å²) in [5.41, 5.74) is -0.699. The van der Waals surface area contributed by atoms with E-state index in [2.05, 4.69) is 15.3 Å². The number of aliphatic hydroxyl groups is 2. The van der Waals surface area contributed by atoms with Crippen molar-refractivity contribution in [2.45, 2.75) is 24.9 Å². The quantitative estimate of drug-likeness (QED) is 0.614. The van der Waals surface area contributed by atoms with Gasteiger partial charge in [0.1, 0.15) is 24.4 Å². The SMILES string of the molecule is O=C(COc1ccccc1)Nc1ncn([C@H]2CC(O)[C@@H](CO)O2)c(=O)n1. The molecule has 1 aromatic heterocycles. The van der Waals surface area contributed by atoms with Crippen molar-refractivity contribution < 1.29 is 24.5 Å². The molecule has 1 saturated heterocycles. The highest BCUT2D eigenvalue weighted by Gasteiger charge is 2.35. The topological polar surface area (TPSA) is 136 Å². The average Bonchev–Trinajstić information content (AvgIpc) is 3.01. The number of anilines is 1. The minimum atomic E-state index is -0.883. The number of carbonyl (C=O) groups is 1. The van der Waals surface area contributed by atoms with E-state index in [1.165, 1.54) is 6.33 Å². The zero-order valence-corrected chi connectivity index (χ0v) is 13.7. The van der Waals surface area contributed by atoms with Crippen molar-refractivity contribution in [3.8, 4) is 5.75 Å². The van der Waals surface area contributed by atoms with Gasteiger partial charge in [0.2, 0.25) is 5.95 Å². The van der Waals surface area contributed by atoms with Gasteiger partial charge in [-0.25, -0.2) is 9.78 Å². The van der Waals surface area contributed by atoms with E-state index in [-0.39, 0.29) is 25.6 Å². The second-order valence-corrected chi connectivity index (χ2v) is 5.63. The minimum absolute atomic E-state index is 0.130. The molecule has 1 unspecified atom stereocenters. The Morgan fingerprint density at radius 1 is 1.38 bits per heavy atom. The number of nitrogens with zero attached hydrogens (tertiary/aromatic N) is 3. The van der Waals surface area contributed by atoms with Crippen molar-refractivity contribution in [2.24, 2.45) is 0 Å². The summed E-state index contributed by atoms with van der Waals surface area (Å²) >= 11 is 0. The number of aromatic nitrogens is 3. The number of para-hydroxylation sites is 1. The Hall–Kier alpha value is -2.82. The standard InChI is InChI=1S/C16H18N4O6/c21-7-12-11(22)6-14(26-12)20-9-17-15(19-16(20)24)18-13(23)8-25-10-4-2-1-3-5-10/h1-5,9,11-12,14,21-22H,6-8H2,(H,18,19,23,24)/t11?,12-,14-/m1/s1. The van der Waals surface area contributed by atoms with E-state index in [1.807, 2.05) is 6.07 Å². The van der Waals surface area contributed by atoms with Gasteiger partial charge < -0.3 is 19.7 Å². The molecule has 1 aliphatic heterocycles. The summed E-state index contributed by atoms with van der Waals surface area (Å²) < 4.78 is 11.8. The Morgan fingerprint density at radius 2 is 2.15 bits per heavy atom. The molecular formula is C16H18N4O6. The Balaban J connectivity index is 1.59. The maximum atomic E-state index is 12.1. The zero-order chi connectivity index (χ0) is 18.5. The van der Waals surface area contributed by atoms with Gasteiger partial charge in [-0.3, -0.25) is 14.7 Å². The maximum absolute atomic E-state index is 12.1. The summed E-state index contributed by atoms with van der Waals surface area (Å²) in [6.07, 6.45) is -1.13. The number of nitrogens with one attached hydrogen (secondary N) is 1. The van der Waals surface area contributed by atoms with Gasteiger partial charge in [0.25, 0.3) is 5.91 Å². The number of hydrogen-bond acceptors (Lipinski definition) is 8. The van der Waals surface area contributed by atoms with Crippen molar-refractivity contribution in [1.29, 1.82) is 0 Å². The third-order valence-corrected chi connectivity index (χ3v) is 3.79. The molecule has 10 heteroatoms. The Kier molecular flexibility index (Phi) is 5.56. The number of amides is 1. The molecule has 0 saturated carbocycles. The number of benzene rings is 1. The molecule has 1 fully saturated rings. The van der Waals surface area contributed by atoms with Crippen LogP contribution in [-0.4, -0.2) is 56.1 Å². The van der Waals surface area contributed by atoms with Crippen LogP contribution in [0.3, 0.4) is 0 Å². The molecule has 10 nitrogen and oxygen atoms in total. The molecule has 2 heterocycles. The molecule has 1 aromatic carbocycles. The van der Waals surface area contributed by atoms with Gasteiger partial charge in [-0.2, -0.15) is 4.98 Å². The van der Waals surface area contributed by atoms with Gasteiger partial charge in [0, 0.05) is 6.42 Å². The average molecular weight is 362 g/mol. The predicted octanol–water partition coefficient (Wildman–Crippen LogP) is -0.704. The van der Waals surface area contributed by atoms with Crippen molar-refractivity contribution in [3.05, 3.63) is 47.1 Å². The number of rotatable bonds is 6. The first-order valence-corrected chi connectivity index (χ1v) is 7.94. The third-order valence-electron chi connectivity index (χ3n) is 3.79. The van der Waals surface area contributed by atoms with Crippen LogP contribution in [0.2, 0.25) is 0 Å². The molecule has 138 valence electrons. The van der Waals surface area contributed by atoms with Crippen molar-refractivity contribution >= 4 is 11.9 Å². The molecule has 3 rings (SSSR count). The first kappa shape index (κ1) is 18.0. The van der Waals surface area contributed by atoms with Crippen LogP contribution in [0.4, 0.5) is 5.95 Å². The summed E-state index contributed by atoms with van der Waals surface area (Å²) in [4.78, 5) is 31.5. The second-order valence-electron chi connectivity index (χ2n) is 5.63. The second kappa shape index (κ2) is 8.04. The number of ether oxygens (including phenoxy) is 2. The normalized spacial score (nSPS) is 22.2. The van der Waals surface area contributed by atoms with Crippen LogP contribution in [0.15, 0.2) is 41.5 Å².